The molecule has 20 heavy (non-hydrogen) atoms. The van der Waals surface area contributed by atoms with Crippen molar-refractivity contribution in [2.75, 3.05) is 23.8 Å². The minimum absolute atomic E-state index is 0.0821. The molecule has 3 heteroatoms. The van der Waals surface area contributed by atoms with E-state index < -0.39 is 0 Å². The van der Waals surface area contributed by atoms with Gasteiger partial charge in [-0.3, -0.25) is 4.79 Å². The summed E-state index contributed by atoms with van der Waals surface area (Å²) in [5, 5.41) is 2.91. The SMILES string of the molecule is CCN(C)c1ccc(C(=O)Nc2cccc(C)c2)cc1. The van der Waals surface area contributed by atoms with Gasteiger partial charge in [-0.1, -0.05) is 12.1 Å². The van der Waals surface area contributed by atoms with Crippen LogP contribution in [0, 0.1) is 6.92 Å². The number of aryl methyl sites for hydroxylation is 1. The van der Waals surface area contributed by atoms with Crippen molar-refractivity contribution >= 4 is 17.3 Å². The summed E-state index contributed by atoms with van der Waals surface area (Å²) in [6.07, 6.45) is 0. The maximum absolute atomic E-state index is 12.2. The molecule has 0 saturated carbocycles. The fourth-order valence-electron chi connectivity index (χ4n) is 1.98. The molecule has 0 fully saturated rings. The summed E-state index contributed by atoms with van der Waals surface area (Å²) in [5.41, 5.74) is 3.73. The van der Waals surface area contributed by atoms with Crippen LogP contribution in [0.2, 0.25) is 0 Å². The van der Waals surface area contributed by atoms with Crippen LogP contribution in [0.4, 0.5) is 11.4 Å². The van der Waals surface area contributed by atoms with Gasteiger partial charge in [-0.25, -0.2) is 0 Å². The highest BCUT2D eigenvalue weighted by atomic mass is 16.1. The number of hydrogen-bond donors (Lipinski definition) is 1. The third-order valence-corrected chi connectivity index (χ3v) is 3.32. The summed E-state index contributed by atoms with van der Waals surface area (Å²) in [5.74, 6) is -0.0821. The zero-order valence-electron chi connectivity index (χ0n) is 12.2. The summed E-state index contributed by atoms with van der Waals surface area (Å²) in [7, 11) is 2.03. The van der Waals surface area contributed by atoms with Gasteiger partial charge in [0.1, 0.15) is 0 Å². The average molecular weight is 268 g/mol. The van der Waals surface area contributed by atoms with Gasteiger partial charge in [0.2, 0.25) is 0 Å². The van der Waals surface area contributed by atoms with Crippen LogP contribution in [-0.4, -0.2) is 19.5 Å². The van der Waals surface area contributed by atoms with E-state index >= 15 is 0 Å². The third kappa shape index (κ3) is 3.38. The van der Waals surface area contributed by atoms with Gasteiger partial charge in [0.25, 0.3) is 5.91 Å². The topological polar surface area (TPSA) is 32.3 Å². The van der Waals surface area contributed by atoms with E-state index in [9.17, 15) is 4.79 Å². The molecule has 104 valence electrons. The van der Waals surface area contributed by atoms with Crippen LogP contribution >= 0.6 is 0 Å². The van der Waals surface area contributed by atoms with Crippen molar-refractivity contribution in [1.82, 2.24) is 0 Å². The first-order valence-electron chi connectivity index (χ1n) is 6.79. The zero-order valence-corrected chi connectivity index (χ0v) is 12.2. The van der Waals surface area contributed by atoms with Gasteiger partial charge in [0.15, 0.2) is 0 Å². The highest BCUT2D eigenvalue weighted by Gasteiger charge is 2.06. The minimum Gasteiger partial charge on any atom is -0.375 e. The molecular formula is C17H20N2O. The normalized spacial score (nSPS) is 10.2. The van der Waals surface area contributed by atoms with E-state index in [1.54, 1.807) is 0 Å². The van der Waals surface area contributed by atoms with Gasteiger partial charge in [-0.05, 0) is 55.8 Å². The Kier molecular flexibility index (Phi) is 4.41. The molecule has 0 aliphatic heterocycles. The van der Waals surface area contributed by atoms with Crippen molar-refractivity contribution in [2.24, 2.45) is 0 Å². The Bertz CT molecular complexity index is 590. The van der Waals surface area contributed by atoms with E-state index in [2.05, 4.69) is 17.1 Å². The molecule has 2 rings (SSSR count). The lowest BCUT2D eigenvalue weighted by Crippen LogP contribution is -2.16. The van der Waals surface area contributed by atoms with E-state index in [1.165, 1.54) is 0 Å². The van der Waals surface area contributed by atoms with Gasteiger partial charge in [0, 0.05) is 30.5 Å². The fraction of sp³-hybridized carbons (Fsp3) is 0.235. The first-order chi connectivity index (χ1) is 9.60. The van der Waals surface area contributed by atoms with Crippen molar-refractivity contribution in [2.45, 2.75) is 13.8 Å². The van der Waals surface area contributed by atoms with Crippen molar-refractivity contribution in [3.05, 3.63) is 59.7 Å². The molecule has 0 atom stereocenters. The van der Waals surface area contributed by atoms with Gasteiger partial charge in [-0.2, -0.15) is 0 Å². The summed E-state index contributed by atoms with van der Waals surface area (Å²) in [4.78, 5) is 14.3. The number of carbonyl (C=O) groups excluding carboxylic acids is 1. The van der Waals surface area contributed by atoms with Crippen LogP contribution in [-0.2, 0) is 0 Å². The van der Waals surface area contributed by atoms with Crippen molar-refractivity contribution in [3.63, 3.8) is 0 Å². The molecule has 1 amide bonds. The molecule has 0 aromatic heterocycles. The average Bonchev–Trinajstić information content (AvgIpc) is 2.46. The van der Waals surface area contributed by atoms with Gasteiger partial charge in [-0.15, -0.1) is 0 Å². The second-order valence-electron chi connectivity index (χ2n) is 4.88. The molecule has 0 aliphatic rings. The van der Waals surface area contributed by atoms with Gasteiger partial charge >= 0.3 is 0 Å². The van der Waals surface area contributed by atoms with Crippen LogP contribution in [0.15, 0.2) is 48.5 Å². The Morgan fingerprint density at radius 1 is 1.15 bits per heavy atom. The number of rotatable bonds is 4. The van der Waals surface area contributed by atoms with Crippen LogP contribution < -0.4 is 10.2 Å². The number of anilines is 2. The van der Waals surface area contributed by atoms with Crippen molar-refractivity contribution in [3.8, 4) is 0 Å². The summed E-state index contributed by atoms with van der Waals surface area (Å²) < 4.78 is 0. The molecule has 2 aromatic carbocycles. The third-order valence-electron chi connectivity index (χ3n) is 3.32. The molecule has 0 radical (unpaired) electrons. The fourth-order valence-corrected chi connectivity index (χ4v) is 1.98. The number of carbonyl (C=O) groups is 1. The monoisotopic (exact) mass is 268 g/mol. The lowest BCUT2D eigenvalue weighted by Gasteiger charge is -2.16. The summed E-state index contributed by atoms with van der Waals surface area (Å²) in [6.45, 7) is 5.04. The lowest BCUT2D eigenvalue weighted by molar-refractivity contribution is 0.102. The highest BCUT2D eigenvalue weighted by molar-refractivity contribution is 6.04. The molecule has 0 bridgehead atoms. The molecule has 0 spiro atoms. The quantitative estimate of drug-likeness (QED) is 0.917. The zero-order chi connectivity index (χ0) is 14.5. The van der Waals surface area contributed by atoms with Crippen LogP contribution in [0.25, 0.3) is 0 Å². The van der Waals surface area contributed by atoms with Gasteiger partial charge < -0.3 is 10.2 Å². The van der Waals surface area contributed by atoms with E-state index in [0.717, 1.165) is 23.5 Å². The first-order valence-corrected chi connectivity index (χ1v) is 6.79. The number of hydrogen-bond acceptors (Lipinski definition) is 2. The molecule has 3 nitrogen and oxygen atoms in total. The maximum Gasteiger partial charge on any atom is 0.255 e. The maximum atomic E-state index is 12.2. The smallest absolute Gasteiger partial charge is 0.255 e. The second-order valence-corrected chi connectivity index (χ2v) is 4.88. The van der Waals surface area contributed by atoms with Crippen LogP contribution in [0.5, 0.6) is 0 Å². The Balaban J connectivity index is 2.09. The van der Waals surface area contributed by atoms with Crippen LogP contribution in [0.3, 0.4) is 0 Å². The molecule has 1 N–H and O–H groups in total. The predicted molar refractivity (Wildman–Crippen MR) is 84.5 cm³/mol. The molecule has 0 saturated heterocycles. The van der Waals surface area contributed by atoms with Crippen LogP contribution in [0.1, 0.15) is 22.8 Å². The van der Waals surface area contributed by atoms with Crippen molar-refractivity contribution < 1.29 is 4.79 Å². The number of nitrogens with one attached hydrogen (secondary N) is 1. The minimum atomic E-state index is -0.0821. The molecule has 2 aromatic rings. The Hall–Kier alpha value is -2.29. The second kappa shape index (κ2) is 6.24. The number of benzene rings is 2. The Labute approximate surface area is 120 Å². The highest BCUT2D eigenvalue weighted by Crippen LogP contribution is 2.15. The van der Waals surface area contributed by atoms with E-state index in [4.69, 9.17) is 0 Å². The van der Waals surface area contributed by atoms with E-state index in [-0.39, 0.29) is 5.91 Å². The number of amides is 1. The lowest BCUT2D eigenvalue weighted by atomic mass is 10.1. The molecular weight excluding hydrogens is 248 g/mol. The van der Waals surface area contributed by atoms with E-state index in [0.29, 0.717) is 5.56 Å². The van der Waals surface area contributed by atoms with E-state index in [1.807, 2.05) is 62.5 Å². The summed E-state index contributed by atoms with van der Waals surface area (Å²) in [6, 6.07) is 15.4. The standard InChI is InChI=1S/C17H20N2O/c1-4-19(3)16-10-8-14(9-11-16)17(20)18-15-7-5-6-13(2)12-15/h5-12H,4H2,1-3H3,(H,18,20). The number of nitrogens with zero attached hydrogens (tertiary/aromatic N) is 1. The van der Waals surface area contributed by atoms with Gasteiger partial charge in [0.05, 0.1) is 0 Å². The predicted octanol–water partition coefficient (Wildman–Crippen LogP) is 3.70. The van der Waals surface area contributed by atoms with Crippen molar-refractivity contribution in [1.29, 1.82) is 0 Å². The first kappa shape index (κ1) is 14.1. The summed E-state index contributed by atoms with van der Waals surface area (Å²) >= 11 is 0. The molecule has 0 unspecified atom stereocenters. The molecule has 0 aliphatic carbocycles. The Morgan fingerprint density at radius 2 is 1.85 bits per heavy atom. The largest absolute Gasteiger partial charge is 0.375 e. The Morgan fingerprint density at radius 3 is 2.45 bits per heavy atom. The molecule has 0 heterocycles.